The number of para-hydroxylation sites is 3. The van der Waals surface area contributed by atoms with Crippen LogP contribution < -0.4 is 15.8 Å². The molecule has 8 aromatic rings. The summed E-state index contributed by atoms with van der Waals surface area (Å²) in [7, 11) is 0. The Kier molecular flexibility index (Phi) is 5.12. The van der Waals surface area contributed by atoms with Crippen molar-refractivity contribution >= 4 is 56.6 Å². The standard InChI is InChI=1S/C42H27BN2/c1-3-12-30(13-4-1)44(31-14-5-2-6-15-31)32-24-22-28(23-25-32)29-26-37-34-17-8-10-21-40(34)43-39-20-9-7-16-33(39)35-18-11-19-36-38(27-29)42(37)45(43)41(35)36/h1-27H. The van der Waals surface area contributed by atoms with Crippen molar-refractivity contribution in [3.8, 4) is 33.4 Å². The maximum atomic E-state index is 2.63. The molecule has 0 saturated carbocycles. The molecule has 208 valence electrons. The van der Waals surface area contributed by atoms with Crippen molar-refractivity contribution < 1.29 is 0 Å². The fourth-order valence-corrected chi connectivity index (χ4v) is 7.89. The predicted molar refractivity (Wildman–Crippen MR) is 191 cm³/mol. The molecule has 0 N–H and O–H groups in total. The van der Waals surface area contributed by atoms with Crippen LogP contribution in [0.3, 0.4) is 0 Å². The van der Waals surface area contributed by atoms with Crippen LogP contribution in [0, 0.1) is 0 Å². The van der Waals surface area contributed by atoms with Crippen molar-refractivity contribution in [1.82, 2.24) is 4.48 Å². The highest BCUT2D eigenvalue weighted by Crippen LogP contribution is 2.46. The third-order valence-corrected chi connectivity index (χ3v) is 9.75. The molecule has 0 bridgehead atoms. The molecule has 0 saturated heterocycles. The molecule has 0 amide bonds. The van der Waals surface area contributed by atoms with E-state index in [4.69, 9.17) is 0 Å². The SMILES string of the molecule is c1ccc(N(c2ccccc2)c2ccc(-c3cc4c5c(c3)c3cccc6c3n5B(c3ccccc3-6)c3ccccc3-4)cc2)cc1. The summed E-state index contributed by atoms with van der Waals surface area (Å²) in [6.07, 6.45) is 0. The molecule has 0 aliphatic carbocycles. The maximum Gasteiger partial charge on any atom is 0.329 e. The highest BCUT2D eigenvalue weighted by molar-refractivity contribution is 6.88. The monoisotopic (exact) mass is 570 g/mol. The Balaban J connectivity index is 1.19. The van der Waals surface area contributed by atoms with Crippen molar-refractivity contribution in [2.24, 2.45) is 0 Å². The van der Waals surface area contributed by atoms with Crippen molar-refractivity contribution in [2.75, 3.05) is 4.90 Å². The molecule has 0 fully saturated rings. The molecule has 0 spiro atoms. The Labute approximate surface area is 262 Å². The zero-order valence-corrected chi connectivity index (χ0v) is 24.6. The van der Waals surface area contributed by atoms with Crippen molar-refractivity contribution in [3.05, 3.63) is 164 Å². The van der Waals surface area contributed by atoms with Crippen LogP contribution in [0.2, 0.25) is 0 Å². The van der Waals surface area contributed by atoms with Gasteiger partial charge in [-0.3, -0.25) is 0 Å². The molecule has 1 aromatic heterocycles. The second-order valence-corrected chi connectivity index (χ2v) is 12.1. The van der Waals surface area contributed by atoms with E-state index in [2.05, 4.69) is 173 Å². The number of benzene rings is 7. The number of fused-ring (bicyclic) bond motifs is 7. The number of rotatable bonds is 4. The van der Waals surface area contributed by atoms with Gasteiger partial charge in [0.25, 0.3) is 0 Å². The van der Waals surface area contributed by atoms with Crippen LogP contribution in [0.25, 0.3) is 55.2 Å². The van der Waals surface area contributed by atoms with Crippen LogP contribution in [0.4, 0.5) is 17.1 Å². The van der Waals surface area contributed by atoms with Crippen LogP contribution >= 0.6 is 0 Å². The molecule has 7 aromatic carbocycles. The average Bonchev–Trinajstić information content (AvgIpc) is 3.45. The minimum atomic E-state index is 0.173. The van der Waals surface area contributed by atoms with Gasteiger partial charge in [0.1, 0.15) is 0 Å². The molecule has 0 atom stereocenters. The molecular weight excluding hydrogens is 543 g/mol. The van der Waals surface area contributed by atoms with Gasteiger partial charge < -0.3 is 9.38 Å². The second-order valence-electron chi connectivity index (χ2n) is 12.1. The van der Waals surface area contributed by atoms with Crippen molar-refractivity contribution in [1.29, 1.82) is 0 Å². The third-order valence-electron chi connectivity index (χ3n) is 9.75. The first-order valence-corrected chi connectivity index (χ1v) is 15.6. The van der Waals surface area contributed by atoms with Crippen LogP contribution in [0.1, 0.15) is 0 Å². The van der Waals surface area contributed by atoms with Crippen LogP contribution in [0.5, 0.6) is 0 Å². The zero-order chi connectivity index (χ0) is 29.5. The Hall–Kier alpha value is -5.80. The molecule has 3 heteroatoms. The van der Waals surface area contributed by atoms with Gasteiger partial charge in [-0.05, 0) is 81.7 Å². The van der Waals surface area contributed by atoms with Crippen LogP contribution in [-0.2, 0) is 0 Å². The number of nitrogens with zero attached hydrogens (tertiary/aromatic N) is 2. The molecule has 0 radical (unpaired) electrons. The first-order chi connectivity index (χ1) is 22.3. The first-order valence-electron chi connectivity index (χ1n) is 15.6. The average molecular weight is 571 g/mol. The van der Waals surface area contributed by atoms with Gasteiger partial charge in [0.15, 0.2) is 0 Å². The minimum Gasteiger partial charge on any atom is -0.375 e. The van der Waals surface area contributed by atoms with E-state index in [0.29, 0.717) is 0 Å². The van der Waals surface area contributed by atoms with Gasteiger partial charge in [-0.2, -0.15) is 0 Å². The smallest absolute Gasteiger partial charge is 0.329 e. The van der Waals surface area contributed by atoms with Crippen molar-refractivity contribution in [2.45, 2.75) is 0 Å². The van der Waals surface area contributed by atoms with E-state index in [1.165, 1.54) is 66.1 Å². The fourth-order valence-electron chi connectivity index (χ4n) is 7.89. The number of hydrogen-bond acceptors (Lipinski definition) is 1. The summed E-state index contributed by atoms with van der Waals surface area (Å²) in [5.41, 5.74) is 16.6. The number of anilines is 3. The lowest BCUT2D eigenvalue weighted by Gasteiger charge is -2.32. The summed E-state index contributed by atoms with van der Waals surface area (Å²) >= 11 is 0. The number of aromatic nitrogens is 1. The molecule has 45 heavy (non-hydrogen) atoms. The summed E-state index contributed by atoms with van der Waals surface area (Å²) in [6.45, 7) is 0.173. The lowest BCUT2D eigenvalue weighted by molar-refractivity contribution is 1.28. The Bertz CT molecular complexity index is 2390. The van der Waals surface area contributed by atoms with Gasteiger partial charge >= 0.3 is 6.85 Å². The fraction of sp³-hybridized carbons (Fsp3) is 0. The predicted octanol–water partition coefficient (Wildman–Crippen LogP) is 9.55. The normalized spacial score (nSPS) is 12.4. The largest absolute Gasteiger partial charge is 0.375 e. The van der Waals surface area contributed by atoms with Gasteiger partial charge in [-0.1, -0.05) is 115 Å². The highest BCUT2D eigenvalue weighted by atomic mass is 15.1. The molecule has 2 aliphatic rings. The maximum absolute atomic E-state index is 2.63. The lowest BCUT2D eigenvalue weighted by atomic mass is 9.45. The zero-order valence-electron chi connectivity index (χ0n) is 24.6. The van der Waals surface area contributed by atoms with Gasteiger partial charge in [-0.25, -0.2) is 0 Å². The Morgan fingerprint density at radius 1 is 0.378 bits per heavy atom. The quantitative estimate of drug-likeness (QED) is 0.191. The summed E-state index contributed by atoms with van der Waals surface area (Å²) in [5.74, 6) is 0. The van der Waals surface area contributed by atoms with Crippen molar-refractivity contribution in [3.63, 3.8) is 0 Å². The summed E-state index contributed by atoms with van der Waals surface area (Å²) in [6, 6.07) is 59.9. The molecule has 3 heterocycles. The first kappa shape index (κ1) is 24.6. The summed E-state index contributed by atoms with van der Waals surface area (Å²) < 4.78 is 2.63. The molecule has 2 aliphatic heterocycles. The van der Waals surface area contributed by atoms with E-state index in [0.717, 1.165) is 17.1 Å². The highest BCUT2D eigenvalue weighted by Gasteiger charge is 2.39. The molecule has 0 unspecified atom stereocenters. The van der Waals surface area contributed by atoms with E-state index in [1.54, 1.807) is 0 Å². The van der Waals surface area contributed by atoms with Gasteiger partial charge in [0.05, 0.1) is 0 Å². The summed E-state index contributed by atoms with van der Waals surface area (Å²) in [5, 5.41) is 2.65. The van der Waals surface area contributed by atoms with Gasteiger partial charge in [0.2, 0.25) is 0 Å². The van der Waals surface area contributed by atoms with E-state index in [1.807, 2.05) is 0 Å². The minimum absolute atomic E-state index is 0.173. The molecule has 2 nitrogen and oxygen atoms in total. The lowest BCUT2D eigenvalue weighted by Crippen LogP contribution is -2.53. The number of hydrogen-bond donors (Lipinski definition) is 0. The van der Waals surface area contributed by atoms with Crippen LogP contribution in [-0.4, -0.2) is 11.3 Å². The second kappa shape index (κ2) is 9.35. The summed E-state index contributed by atoms with van der Waals surface area (Å²) in [4.78, 5) is 2.31. The van der Waals surface area contributed by atoms with Gasteiger partial charge in [0, 0.05) is 50.0 Å². The Morgan fingerprint density at radius 2 is 0.911 bits per heavy atom. The van der Waals surface area contributed by atoms with Gasteiger partial charge in [-0.15, -0.1) is 0 Å². The topological polar surface area (TPSA) is 8.17 Å². The third kappa shape index (κ3) is 3.47. The van der Waals surface area contributed by atoms with E-state index < -0.39 is 0 Å². The van der Waals surface area contributed by atoms with Crippen LogP contribution in [0.15, 0.2) is 164 Å². The van der Waals surface area contributed by atoms with E-state index in [-0.39, 0.29) is 6.85 Å². The van der Waals surface area contributed by atoms with E-state index >= 15 is 0 Å². The molecular formula is C42H27BN2. The Morgan fingerprint density at radius 3 is 1.58 bits per heavy atom. The van der Waals surface area contributed by atoms with E-state index in [9.17, 15) is 0 Å². The molecule has 10 rings (SSSR count).